The van der Waals surface area contributed by atoms with E-state index in [0.717, 1.165) is 48.4 Å². The lowest BCUT2D eigenvalue weighted by atomic mass is 9.95. The van der Waals surface area contributed by atoms with Crippen LogP contribution in [0.5, 0.6) is 0 Å². The number of aromatic amines is 1. The summed E-state index contributed by atoms with van der Waals surface area (Å²) in [5, 5.41) is 0. The van der Waals surface area contributed by atoms with Crippen molar-refractivity contribution in [2.24, 2.45) is 0 Å². The van der Waals surface area contributed by atoms with Gasteiger partial charge >= 0.3 is 0 Å². The Bertz CT molecular complexity index is 1050. The molecule has 0 unspecified atom stereocenters. The molecule has 6 nitrogen and oxygen atoms in total. The molecular weight excluding hydrogens is 364 g/mol. The number of anilines is 1. The van der Waals surface area contributed by atoms with Crippen LogP contribution in [0, 0.1) is 6.92 Å². The number of hydrogen-bond donors (Lipinski definition) is 1. The van der Waals surface area contributed by atoms with Gasteiger partial charge in [-0.25, -0.2) is 9.88 Å². The first-order valence-electron chi connectivity index (χ1n) is 10.2. The van der Waals surface area contributed by atoms with Crippen molar-refractivity contribution >= 4 is 28.5 Å². The van der Waals surface area contributed by atoms with E-state index < -0.39 is 0 Å². The van der Waals surface area contributed by atoms with Crippen molar-refractivity contribution in [2.75, 3.05) is 18.0 Å². The number of H-pyrrole nitrogens is 1. The van der Waals surface area contributed by atoms with Gasteiger partial charge in [-0.2, -0.15) is 0 Å². The van der Waals surface area contributed by atoms with Crippen LogP contribution in [0.25, 0.3) is 11.0 Å². The first kappa shape index (κ1) is 18.1. The molecule has 0 aliphatic carbocycles. The summed E-state index contributed by atoms with van der Waals surface area (Å²) in [6, 6.07) is 15.3. The van der Waals surface area contributed by atoms with E-state index >= 15 is 0 Å². The van der Waals surface area contributed by atoms with Gasteiger partial charge in [-0.15, -0.1) is 0 Å². The Kier molecular flexibility index (Phi) is 4.43. The van der Waals surface area contributed by atoms with Crippen LogP contribution in [0.4, 0.5) is 5.69 Å². The second-order valence-corrected chi connectivity index (χ2v) is 8.08. The van der Waals surface area contributed by atoms with Gasteiger partial charge in [0.2, 0.25) is 5.91 Å². The number of nitrogens with zero attached hydrogens (tertiary/aromatic N) is 3. The van der Waals surface area contributed by atoms with Crippen LogP contribution < -0.4 is 4.90 Å². The zero-order valence-electron chi connectivity index (χ0n) is 16.5. The Hall–Kier alpha value is -2.99. The topological polar surface area (TPSA) is 69.3 Å². The molecule has 0 saturated carbocycles. The first-order valence-corrected chi connectivity index (χ1v) is 10.2. The minimum atomic E-state index is -0.348. The molecule has 0 spiro atoms. The van der Waals surface area contributed by atoms with Crippen LogP contribution in [0.15, 0.2) is 48.5 Å². The summed E-state index contributed by atoms with van der Waals surface area (Å²) in [4.78, 5) is 37.4. The minimum absolute atomic E-state index is 0.0946. The molecule has 5 rings (SSSR count). The predicted octanol–water partition coefficient (Wildman–Crippen LogP) is 3.38. The van der Waals surface area contributed by atoms with E-state index in [1.54, 1.807) is 0 Å². The SMILES string of the molecule is Cc1cccc(N2C(=O)C[C@H](N3CCC(c4nc5ccccc5[nH]4)CC3)C2=O)c1. The lowest BCUT2D eigenvalue weighted by molar-refractivity contribution is -0.123. The molecule has 0 radical (unpaired) electrons. The molecule has 3 aromatic rings. The third-order valence-electron chi connectivity index (χ3n) is 6.15. The second-order valence-electron chi connectivity index (χ2n) is 8.08. The number of hydrogen-bond acceptors (Lipinski definition) is 4. The molecule has 1 atom stereocenters. The monoisotopic (exact) mass is 388 g/mol. The Labute approximate surface area is 169 Å². The van der Waals surface area contributed by atoms with Gasteiger partial charge in [0.05, 0.1) is 29.2 Å². The van der Waals surface area contributed by atoms with E-state index in [2.05, 4.69) is 9.88 Å². The maximum absolute atomic E-state index is 13.0. The average molecular weight is 388 g/mol. The molecule has 2 aliphatic heterocycles. The molecule has 1 aromatic heterocycles. The Morgan fingerprint density at radius 3 is 2.59 bits per heavy atom. The lowest BCUT2D eigenvalue weighted by Crippen LogP contribution is -2.45. The van der Waals surface area contributed by atoms with Crippen molar-refractivity contribution < 1.29 is 9.59 Å². The van der Waals surface area contributed by atoms with Gasteiger partial charge in [-0.3, -0.25) is 14.5 Å². The number of aryl methyl sites for hydroxylation is 1. The summed E-state index contributed by atoms with van der Waals surface area (Å²) in [5.74, 6) is 1.19. The molecule has 2 aromatic carbocycles. The molecule has 3 heterocycles. The van der Waals surface area contributed by atoms with E-state index in [9.17, 15) is 9.59 Å². The fourth-order valence-corrected chi connectivity index (χ4v) is 4.59. The van der Waals surface area contributed by atoms with E-state index in [1.165, 1.54) is 4.90 Å². The maximum Gasteiger partial charge on any atom is 0.251 e. The van der Waals surface area contributed by atoms with Gasteiger partial charge in [0, 0.05) is 5.92 Å². The highest BCUT2D eigenvalue weighted by atomic mass is 16.2. The predicted molar refractivity (Wildman–Crippen MR) is 112 cm³/mol. The summed E-state index contributed by atoms with van der Waals surface area (Å²) in [7, 11) is 0. The van der Waals surface area contributed by atoms with Crippen LogP contribution in [-0.4, -0.2) is 45.8 Å². The number of rotatable bonds is 3. The van der Waals surface area contributed by atoms with Crippen LogP contribution in [0.1, 0.15) is 36.6 Å². The molecule has 29 heavy (non-hydrogen) atoms. The van der Waals surface area contributed by atoms with Gasteiger partial charge in [-0.1, -0.05) is 24.3 Å². The third-order valence-corrected chi connectivity index (χ3v) is 6.15. The van der Waals surface area contributed by atoms with Crippen LogP contribution in [0.2, 0.25) is 0 Å². The van der Waals surface area contributed by atoms with Crippen molar-refractivity contribution in [3.05, 3.63) is 59.9 Å². The number of imide groups is 1. The van der Waals surface area contributed by atoms with E-state index in [4.69, 9.17) is 4.98 Å². The van der Waals surface area contributed by atoms with E-state index in [0.29, 0.717) is 11.6 Å². The first-order chi connectivity index (χ1) is 14.1. The summed E-state index contributed by atoms with van der Waals surface area (Å²) in [6.45, 7) is 3.56. The highest BCUT2D eigenvalue weighted by Crippen LogP contribution is 2.32. The molecular formula is C23H24N4O2. The number of amides is 2. The molecule has 2 aliphatic rings. The molecule has 148 valence electrons. The Morgan fingerprint density at radius 2 is 1.83 bits per heavy atom. The van der Waals surface area contributed by atoms with Gasteiger partial charge in [0.25, 0.3) is 5.91 Å². The highest BCUT2D eigenvalue weighted by Gasteiger charge is 2.43. The zero-order chi connectivity index (χ0) is 20.0. The molecule has 0 bridgehead atoms. The van der Waals surface area contributed by atoms with Crippen LogP contribution in [0.3, 0.4) is 0 Å². The maximum atomic E-state index is 13.0. The number of benzene rings is 2. The van der Waals surface area contributed by atoms with E-state index in [1.807, 2.05) is 55.5 Å². The molecule has 2 fully saturated rings. The minimum Gasteiger partial charge on any atom is -0.342 e. The largest absolute Gasteiger partial charge is 0.342 e. The van der Waals surface area contributed by atoms with Crippen molar-refractivity contribution in [3.63, 3.8) is 0 Å². The number of piperidine rings is 1. The normalized spacial score (nSPS) is 21.4. The van der Waals surface area contributed by atoms with Crippen LogP contribution in [-0.2, 0) is 9.59 Å². The molecule has 6 heteroatoms. The smallest absolute Gasteiger partial charge is 0.251 e. The highest BCUT2D eigenvalue weighted by molar-refractivity contribution is 6.22. The second kappa shape index (κ2) is 7.12. The summed E-state index contributed by atoms with van der Waals surface area (Å²) < 4.78 is 0. The number of carbonyl (C=O) groups is 2. The molecule has 2 amide bonds. The van der Waals surface area contributed by atoms with Crippen molar-refractivity contribution in [1.29, 1.82) is 0 Å². The van der Waals surface area contributed by atoms with Gasteiger partial charge in [0.15, 0.2) is 0 Å². The zero-order valence-corrected chi connectivity index (χ0v) is 16.5. The fourth-order valence-electron chi connectivity index (χ4n) is 4.59. The number of aromatic nitrogens is 2. The van der Waals surface area contributed by atoms with E-state index in [-0.39, 0.29) is 24.3 Å². The molecule has 2 saturated heterocycles. The standard InChI is InChI=1S/C23H24N4O2/c1-15-5-4-6-17(13-15)27-21(28)14-20(23(27)29)26-11-9-16(10-12-26)22-24-18-7-2-3-8-19(18)25-22/h2-8,13,16,20H,9-12,14H2,1H3,(H,24,25)/t20-/m0/s1. The molecule has 1 N–H and O–H groups in total. The Balaban J connectivity index is 1.28. The van der Waals surface area contributed by atoms with Crippen molar-refractivity contribution in [2.45, 2.75) is 38.1 Å². The number of imidazole rings is 1. The van der Waals surface area contributed by atoms with Crippen LogP contribution >= 0.6 is 0 Å². The van der Waals surface area contributed by atoms with Gasteiger partial charge in [0.1, 0.15) is 5.82 Å². The number of likely N-dealkylation sites (tertiary alicyclic amines) is 1. The van der Waals surface area contributed by atoms with Crippen molar-refractivity contribution in [3.8, 4) is 0 Å². The number of nitrogens with one attached hydrogen (secondary N) is 1. The lowest BCUT2D eigenvalue weighted by Gasteiger charge is -2.34. The summed E-state index contributed by atoms with van der Waals surface area (Å²) in [6.07, 6.45) is 2.13. The third kappa shape index (κ3) is 3.23. The average Bonchev–Trinajstić information content (AvgIpc) is 3.29. The summed E-state index contributed by atoms with van der Waals surface area (Å²) in [5.41, 5.74) is 3.78. The van der Waals surface area contributed by atoms with Gasteiger partial charge in [-0.05, 0) is 62.7 Å². The fraction of sp³-hybridized carbons (Fsp3) is 0.348. The Morgan fingerprint density at radius 1 is 1.03 bits per heavy atom. The van der Waals surface area contributed by atoms with Gasteiger partial charge < -0.3 is 4.98 Å². The number of fused-ring (bicyclic) bond motifs is 1. The number of carbonyl (C=O) groups excluding carboxylic acids is 2. The summed E-state index contributed by atoms with van der Waals surface area (Å²) >= 11 is 0. The van der Waals surface area contributed by atoms with Crippen molar-refractivity contribution in [1.82, 2.24) is 14.9 Å². The quantitative estimate of drug-likeness (QED) is 0.699. The number of para-hydroxylation sites is 2.